The van der Waals surface area contributed by atoms with Crippen LogP contribution in [0.4, 0.5) is 0 Å². The molecule has 1 N–H and O–H groups in total. The summed E-state index contributed by atoms with van der Waals surface area (Å²) in [5.74, 6) is 0. The molecule has 0 saturated carbocycles. The summed E-state index contributed by atoms with van der Waals surface area (Å²) < 4.78 is 0. The number of rotatable bonds is 3. The van der Waals surface area contributed by atoms with Gasteiger partial charge < -0.3 is 5.32 Å². The van der Waals surface area contributed by atoms with Gasteiger partial charge >= 0.3 is 0 Å². The quantitative estimate of drug-likeness (QED) is 0.722. The Bertz CT molecular complexity index is 243. The fourth-order valence-corrected chi connectivity index (χ4v) is 1.36. The van der Waals surface area contributed by atoms with Crippen molar-refractivity contribution in [3.8, 4) is 0 Å². The number of aryl methyl sites for hydroxylation is 1. The van der Waals surface area contributed by atoms with E-state index in [9.17, 15) is 0 Å². The Morgan fingerprint density at radius 1 is 1.42 bits per heavy atom. The van der Waals surface area contributed by atoms with Crippen molar-refractivity contribution in [2.75, 3.05) is 6.54 Å². The summed E-state index contributed by atoms with van der Waals surface area (Å²) in [5, 5.41) is 3.39. The zero-order valence-electron chi connectivity index (χ0n) is 8.09. The van der Waals surface area contributed by atoms with E-state index in [0.29, 0.717) is 6.04 Å². The fourth-order valence-electron chi connectivity index (χ4n) is 1.36. The highest BCUT2D eigenvalue weighted by Gasteiger charge is 2.01. The fraction of sp³-hybridized carbons (Fsp3) is 0.455. The van der Waals surface area contributed by atoms with Gasteiger partial charge in [0.05, 0.1) is 0 Å². The molecule has 1 nitrogen and oxygen atoms in total. The zero-order chi connectivity index (χ0) is 8.97. The van der Waals surface area contributed by atoms with Gasteiger partial charge in [-0.1, -0.05) is 36.8 Å². The maximum atomic E-state index is 3.39. The summed E-state index contributed by atoms with van der Waals surface area (Å²) in [4.78, 5) is 0. The Morgan fingerprint density at radius 2 is 2.17 bits per heavy atom. The summed E-state index contributed by atoms with van der Waals surface area (Å²) >= 11 is 0. The second-order valence-electron chi connectivity index (χ2n) is 3.19. The van der Waals surface area contributed by atoms with Crippen molar-refractivity contribution in [3.63, 3.8) is 0 Å². The Balaban J connectivity index is 2.73. The summed E-state index contributed by atoms with van der Waals surface area (Å²) in [7, 11) is 0. The van der Waals surface area contributed by atoms with Crippen LogP contribution in [-0.2, 0) is 0 Å². The lowest BCUT2D eigenvalue weighted by atomic mass is 10.1. The third-order valence-electron chi connectivity index (χ3n) is 2.05. The monoisotopic (exact) mass is 163 g/mol. The van der Waals surface area contributed by atoms with Crippen molar-refractivity contribution in [2.45, 2.75) is 26.8 Å². The van der Waals surface area contributed by atoms with Gasteiger partial charge in [0, 0.05) is 6.04 Å². The van der Waals surface area contributed by atoms with Gasteiger partial charge in [-0.25, -0.2) is 0 Å². The van der Waals surface area contributed by atoms with E-state index >= 15 is 0 Å². The van der Waals surface area contributed by atoms with Crippen LogP contribution in [-0.4, -0.2) is 6.54 Å². The molecule has 12 heavy (non-hydrogen) atoms. The predicted octanol–water partition coefficient (Wildman–Crippen LogP) is 2.67. The van der Waals surface area contributed by atoms with Gasteiger partial charge in [-0.2, -0.15) is 0 Å². The van der Waals surface area contributed by atoms with Crippen molar-refractivity contribution in [2.24, 2.45) is 0 Å². The number of hydrogen-bond acceptors (Lipinski definition) is 1. The highest BCUT2D eigenvalue weighted by Crippen LogP contribution is 2.12. The van der Waals surface area contributed by atoms with E-state index in [1.54, 1.807) is 0 Å². The summed E-state index contributed by atoms with van der Waals surface area (Å²) in [6.45, 7) is 7.47. The van der Waals surface area contributed by atoms with E-state index in [1.807, 2.05) is 0 Å². The van der Waals surface area contributed by atoms with Crippen molar-refractivity contribution >= 4 is 0 Å². The lowest BCUT2D eigenvalue weighted by molar-refractivity contribution is 0.598. The van der Waals surface area contributed by atoms with Crippen LogP contribution in [0.1, 0.15) is 31.0 Å². The number of benzene rings is 1. The average Bonchev–Trinajstić information content (AvgIpc) is 2.05. The van der Waals surface area contributed by atoms with Crippen LogP contribution in [0.5, 0.6) is 0 Å². The van der Waals surface area contributed by atoms with E-state index < -0.39 is 0 Å². The van der Waals surface area contributed by atoms with Crippen LogP contribution in [0, 0.1) is 6.92 Å². The molecular formula is C11H17N. The summed E-state index contributed by atoms with van der Waals surface area (Å²) in [6, 6.07) is 9.10. The van der Waals surface area contributed by atoms with Gasteiger partial charge in [0.1, 0.15) is 0 Å². The largest absolute Gasteiger partial charge is 0.310 e. The van der Waals surface area contributed by atoms with E-state index in [0.717, 1.165) is 6.54 Å². The molecule has 0 bridgehead atoms. The zero-order valence-corrected chi connectivity index (χ0v) is 8.09. The van der Waals surface area contributed by atoms with Crippen LogP contribution in [0.3, 0.4) is 0 Å². The molecule has 1 aromatic carbocycles. The molecule has 0 aliphatic carbocycles. The van der Waals surface area contributed by atoms with Gasteiger partial charge in [0.15, 0.2) is 0 Å². The summed E-state index contributed by atoms with van der Waals surface area (Å²) in [5.41, 5.74) is 2.70. The first-order chi connectivity index (χ1) is 5.74. The van der Waals surface area contributed by atoms with Gasteiger partial charge in [0.2, 0.25) is 0 Å². The minimum atomic E-state index is 0.467. The van der Waals surface area contributed by atoms with Gasteiger partial charge in [0.25, 0.3) is 0 Å². The standard InChI is InChI=1S/C11H17N/c1-4-12-10(3)11-7-5-6-9(2)8-11/h5-8,10,12H,4H2,1-3H3/t10-/m1/s1. The second kappa shape index (κ2) is 4.27. The maximum absolute atomic E-state index is 3.39. The molecule has 0 saturated heterocycles. The Kier molecular flexibility index (Phi) is 3.30. The number of hydrogen-bond donors (Lipinski definition) is 1. The first-order valence-electron chi connectivity index (χ1n) is 4.54. The molecule has 0 unspecified atom stereocenters. The third-order valence-corrected chi connectivity index (χ3v) is 2.05. The normalized spacial score (nSPS) is 12.9. The molecule has 0 aromatic heterocycles. The highest BCUT2D eigenvalue weighted by molar-refractivity contribution is 5.24. The van der Waals surface area contributed by atoms with Crippen LogP contribution in [0.25, 0.3) is 0 Å². The van der Waals surface area contributed by atoms with Crippen LogP contribution in [0.15, 0.2) is 24.3 Å². The second-order valence-corrected chi connectivity index (χ2v) is 3.19. The van der Waals surface area contributed by atoms with Gasteiger partial charge in [-0.15, -0.1) is 0 Å². The summed E-state index contributed by atoms with van der Waals surface area (Å²) in [6.07, 6.45) is 0. The molecule has 1 heteroatoms. The first kappa shape index (κ1) is 9.27. The minimum Gasteiger partial charge on any atom is -0.310 e. The number of nitrogens with one attached hydrogen (secondary N) is 1. The van der Waals surface area contributed by atoms with E-state index in [1.165, 1.54) is 11.1 Å². The molecule has 0 spiro atoms. The SMILES string of the molecule is CCN[C@H](C)c1cccc(C)c1. The first-order valence-corrected chi connectivity index (χ1v) is 4.54. The molecule has 0 fully saturated rings. The van der Waals surface area contributed by atoms with E-state index in [4.69, 9.17) is 0 Å². The predicted molar refractivity (Wildman–Crippen MR) is 53.3 cm³/mol. The lowest BCUT2D eigenvalue weighted by Gasteiger charge is -2.12. The molecule has 1 aromatic rings. The maximum Gasteiger partial charge on any atom is 0.0291 e. The Labute approximate surface area is 74.8 Å². The van der Waals surface area contributed by atoms with Crippen molar-refractivity contribution in [1.29, 1.82) is 0 Å². The topological polar surface area (TPSA) is 12.0 Å². The molecule has 0 amide bonds. The molecule has 1 rings (SSSR count). The molecule has 0 aliphatic heterocycles. The smallest absolute Gasteiger partial charge is 0.0291 e. The molecule has 0 heterocycles. The lowest BCUT2D eigenvalue weighted by Crippen LogP contribution is -2.17. The van der Waals surface area contributed by atoms with E-state index in [-0.39, 0.29) is 0 Å². The van der Waals surface area contributed by atoms with Gasteiger partial charge in [-0.05, 0) is 26.0 Å². The van der Waals surface area contributed by atoms with Crippen molar-refractivity contribution in [1.82, 2.24) is 5.32 Å². The van der Waals surface area contributed by atoms with Gasteiger partial charge in [-0.3, -0.25) is 0 Å². The Morgan fingerprint density at radius 3 is 2.75 bits per heavy atom. The third kappa shape index (κ3) is 2.35. The van der Waals surface area contributed by atoms with Crippen molar-refractivity contribution < 1.29 is 0 Å². The molecule has 66 valence electrons. The van der Waals surface area contributed by atoms with Crippen LogP contribution >= 0.6 is 0 Å². The molecule has 0 aliphatic rings. The Hall–Kier alpha value is -0.820. The molecular weight excluding hydrogens is 146 g/mol. The molecule has 0 radical (unpaired) electrons. The molecule has 1 atom stereocenters. The van der Waals surface area contributed by atoms with E-state index in [2.05, 4.69) is 50.4 Å². The van der Waals surface area contributed by atoms with Crippen LogP contribution in [0.2, 0.25) is 0 Å². The minimum absolute atomic E-state index is 0.467. The van der Waals surface area contributed by atoms with Crippen LogP contribution < -0.4 is 5.32 Å². The van der Waals surface area contributed by atoms with Crippen molar-refractivity contribution in [3.05, 3.63) is 35.4 Å². The average molecular weight is 163 g/mol. The highest BCUT2D eigenvalue weighted by atomic mass is 14.9.